The molecule has 0 aliphatic carbocycles. The number of aliphatic hydroxyl groups is 2. The van der Waals surface area contributed by atoms with Gasteiger partial charge < -0.3 is 19.5 Å². The fourth-order valence-corrected chi connectivity index (χ4v) is 3.70. The van der Waals surface area contributed by atoms with E-state index in [1.54, 1.807) is 0 Å². The van der Waals surface area contributed by atoms with Crippen LogP contribution in [0.3, 0.4) is 0 Å². The second kappa shape index (κ2) is 9.57. The molecule has 1 saturated heterocycles. The van der Waals surface area contributed by atoms with Crippen LogP contribution in [0.5, 0.6) is 5.75 Å². The van der Waals surface area contributed by atoms with Gasteiger partial charge in [0.15, 0.2) is 13.1 Å². The minimum absolute atomic E-state index is 0.373. The minimum atomic E-state index is -1.42. The van der Waals surface area contributed by atoms with Crippen LogP contribution in [0.25, 0.3) is 0 Å². The first-order valence-corrected chi connectivity index (χ1v) is 9.76. The fraction of sp³-hybridized carbons (Fsp3) is 0.412. The summed E-state index contributed by atoms with van der Waals surface area (Å²) in [6.45, 7) is 2.06. The van der Waals surface area contributed by atoms with E-state index in [1.165, 1.54) is 0 Å². The Morgan fingerprint density at radius 1 is 1.38 bits per heavy atom. The third-order valence-electron chi connectivity index (χ3n) is 4.16. The fourth-order valence-electron chi connectivity index (χ4n) is 2.77. The van der Waals surface area contributed by atoms with Crippen LogP contribution in [0.2, 0.25) is 0 Å². The summed E-state index contributed by atoms with van der Waals surface area (Å²) in [7, 11) is -1.42. The number of para-hydroxylation sites is 1. The number of halogens is 1. The normalized spacial score (nSPS) is 23.0. The van der Waals surface area contributed by atoms with Crippen molar-refractivity contribution in [2.24, 2.45) is 0 Å². The predicted molar refractivity (Wildman–Crippen MR) is 98.3 cm³/mol. The van der Waals surface area contributed by atoms with Gasteiger partial charge in [0, 0.05) is 12.0 Å². The molecular formula is C17H20FN2O8P. The van der Waals surface area contributed by atoms with Crippen molar-refractivity contribution < 1.29 is 32.9 Å². The van der Waals surface area contributed by atoms with Crippen LogP contribution in [0, 0.1) is 12.7 Å². The number of hydrogen-bond donors (Lipinski definition) is 3. The first-order chi connectivity index (χ1) is 13.9. The van der Waals surface area contributed by atoms with Gasteiger partial charge in [0.05, 0.1) is 12.8 Å². The zero-order chi connectivity index (χ0) is 21.0. The van der Waals surface area contributed by atoms with Crippen molar-refractivity contribution in [3.63, 3.8) is 0 Å². The summed E-state index contributed by atoms with van der Waals surface area (Å²) < 4.78 is 34.4. The Morgan fingerprint density at radius 3 is 2.86 bits per heavy atom. The van der Waals surface area contributed by atoms with E-state index in [4.69, 9.17) is 28.5 Å². The highest BCUT2D eigenvalue weighted by atomic mass is 31.2. The molecule has 2 aliphatic rings. The average molecular weight is 430 g/mol. The minimum Gasteiger partial charge on any atom is -0.426 e. The van der Waals surface area contributed by atoms with E-state index in [0.717, 1.165) is 27.6 Å². The first kappa shape index (κ1) is 21.6. The number of rotatable bonds is 3. The Morgan fingerprint density at radius 2 is 2.17 bits per heavy atom. The van der Waals surface area contributed by atoms with Crippen molar-refractivity contribution in [2.75, 3.05) is 6.79 Å². The van der Waals surface area contributed by atoms with E-state index in [1.807, 2.05) is 30.1 Å². The highest BCUT2D eigenvalue weighted by Crippen LogP contribution is 2.47. The third kappa shape index (κ3) is 5.27. The van der Waals surface area contributed by atoms with Crippen molar-refractivity contribution in [1.29, 1.82) is 0 Å². The maximum absolute atomic E-state index is 12.9. The highest BCUT2D eigenvalue weighted by molar-refractivity contribution is 7.42. The molecule has 158 valence electrons. The lowest BCUT2D eigenvalue weighted by atomic mass is 10.1. The SMILES string of the molecule is Cc1cccc2c1OP(OCO)OC2.O=c1[nH]c(=O)n(C2CC[C@@H](O)O2)cc1F. The summed E-state index contributed by atoms with van der Waals surface area (Å²) in [5.41, 5.74) is 0.264. The molecular weight excluding hydrogens is 410 g/mol. The Hall–Kier alpha value is -2.14. The van der Waals surface area contributed by atoms with Gasteiger partial charge in [0.2, 0.25) is 5.82 Å². The summed E-state index contributed by atoms with van der Waals surface area (Å²) in [6.07, 6.45) is -0.121. The lowest BCUT2D eigenvalue weighted by Crippen LogP contribution is -2.33. The molecule has 4 rings (SSSR count). The quantitative estimate of drug-likeness (QED) is 0.492. The van der Waals surface area contributed by atoms with Crippen LogP contribution in [0.15, 0.2) is 34.0 Å². The Kier molecular flexibility index (Phi) is 7.12. The number of nitrogens with one attached hydrogen (secondary N) is 1. The molecule has 2 aromatic rings. The number of nitrogens with zero attached hydrogens (tertiary/aromatic N) is 1. The van der Waals surface area contributed by atoms with Crippen LogP contribution in [0.1, 0.15) is 30.2 Å². The summed E-state index contributed by atoms with van der Waals surface area (Å²) in [5, 5.41) is 17.6. The zero-order valence-corrected chi connectivity index (χ0v) is 16.3. The smallest absolute Gasteiger partial charge is 0.399 e. The van der Waals surface area contributed by atoms with Crippen molar-refractivity contribution in [3.8, 4) is 5.75 Å². The van der Waals surface area contributed by atoms with E-state index >= 15 is 0 Å². The molecule has 12 heteroatoms. The van der Waals surface area contributed by atoms with Crippen molar-refractivity contribution in [3.05, 3.63) is 62.2 Å². The summed E-state index contributed by atoms with van der Waals surface area (Å²) in [4.78, 5) is 23.8. The monoisotopic (exact) mass is 430 g/mol. The molecule has 3 heterocycles. The number of H-pyrrole nitrogens is 1. The van der Waals surface area contributed by atoms with Gasteiger partial charge in [0.25, 0.3) is 5.56 Å². The van der Waals surface area contributed by atoms with E-state index in [0.29, 0.717) is 19.4 Å². The van der Waals surface area contributed by atoms with Gasteiger partial charge in [-0.15, -0.1) is 0 Å². The van der Waals surface area contributed by atoms with Gasteiger partial charge in [-0.2, -0.15) is 4.39 Å². The van der Waals surface area contributed by atoms with Gasteiger partial charge in [-0.25, -0.2) is 4.79 Å². The van der Waals surface area contributed by atoms with Crippen LogP contribution in [0.4, 0.5) is 4.39 Å². The number of hydrogen-bond acceptors (Lipinski definition) is 8. The largest absolute Gasteiger partial charge is 0.426 e. The molecule has 0 amide bonds. The second-order valence-corrected chi connectivity index (χ2v) is 7.32. The van der Waals surface area contributed by atoms with Gasteiger partial charge in [-0.1, -0.05) is 18.2 Å². The van der Waals surface area contributed by atoms with Crippen molar-refractivity contribution >= 4 is 8.60 Å². The standard InChI is InChI=1S/C9H11O4P.C8H9FN2O4/c1-7-3-2-4-8-5-11-14(12-6-10)13-9(7)8;9-4-3-11(8(14)10-7(4)13)5-1-2-6(12)15-5/h2-4,10H,5-6H2,1H3;3,5-6,12H,1-2H2,(H,10,13,14)/t;5?,6-/m.0/s1. The highest BCUT2D eigenvalue weighted by Gasteiger charge is 2.26. The topological polar surface area (TPSA) is 132 Å². The van der Waals surface area contributed by atoms with E-state index in [9.17, 15) is 14.0 Å². The molecule has 1 aromatic heterocycles. The number of aliphatic hydroxyl groups excluding tert-OH is 2. The summed E-state index contributed by atoms with van der Waals surface area (Å²) >= 11 is 0. The first-order valence-electron chi connectivity index (χ1n) is 8.67. The lowest BCUT2D eigenvalue weighted by Gasteiger charge is -2.24. The molecule has 2 aliphatic heterocycles. The van der Waals surface area contributed by atoms with Crippen LogP contribution in [-0.4, -0.2) is 32.8 Å². The molecule has 3 atom stereocenters. The van der Waals surface area contributed by atoms with Crippen molar-refractivity contribution in [2.45, 2.75) is 38.9 Å². The van der Waals surface area contributed by atoms with Gasteiger partial charge in [-0.05, 0) is 18.9 Å². The number of aryl methyl sites for hydroxylation is 1. The van der Waals surface area contributed by atoms with Gasteiger partial charge >= 0.3 is 14.3 Å². The molecule has 10 nitrogen and oxygen atoms in total. The molecule has 0 bridgehead atoms. The number of ether oxygens (including phenoxy) is 1. The molecule has 1 aromatic carbocycles. The van der Waals surface area contributed by atoms with Crippen LogP contribution in [-0.2, 0) is 20.4 Å². The zero-order valence-electron chi connectivity index (χ0n) is 15.4. The number of benzene rings is 1. The molecule has 1 fully saturated rings. The Bertz CT molecular complexity index is 965. The number of fused-ring (bicyclic) bond motifs is 1. The Labute approximate surface area is 165 Å². The van der Waals surface area contributed by atoms with Crippen LogP contribution >= 0.6 is 8.60 Å². The molecule has 0 spiro atoms. The third-order valence-corrected chi connectivity index (χ3v) is 5.16. The van der Waals surface area contributed by atoms with E-state index in [2.05, 4.69) is 0 Å². The predicted octanol–water partition coefficient (Wildman–Crippen LogP) is 1.40. The Balaban J connectivity index is 0.000000166. The second-order valence-electron chi connectivity index (χ2n) is 6.18. The number of aromatic nitrogens is 2. The maximum Gasteiger partial charge on any atom is 0.399 e. The van der Waals surface area contributed by atoms with Gasteiger partial charge in [-0.3, -0.25) is 23.4 Å². The van der Waals surface area contributed by atoms with Crippen LogP contribution < -0.4 is 15.8 Å². The maximum atomic E-state index is 12.9. The van der Waals surface area contributed by atoms with Crippen molar-refractivity contribution in [1.82, 2.24) is 9.55 Å². The molecule has 0 radical (unpaired) electrons. The lowest BCUT2D eigenvalue weighted by molar-refractivity contribution is -0.114. The van der Waals surface area contributed by atoms with E-state index in [-0.39, 0.29) is 6.79 Å². The molecule has 2 unspecified atom stereocenters. The van der Waals surface area contributed by atoms with Gasteiger partial charge in [0.1, 0.15) is 12.0 Å². The molecule has 0 saturated carbocycles. The van der Waals surface area contributed by atoms with E-state index < -0.39 is 38.2 Å². The molecule has 29 heavy (non-hydrogen) atoms. The summed E-state index contributed by atoms with van der Waals surface area (Å²) in [5.74, 6) is -0.238. The molecule has 3 N–H and O–H groups in total. The summed E-state index contributed by atoms with van der Waals surface area (Å²) in [6, 6.07) is 5.88. The number of aromatic amines is 1. The average Bonchev–Trinajstić information content (AvgIpc) is 3.12.